The first-order valence-electron chi connectivity index (χ1n) is 11.1. The van der Waals surface area contributed by atoms with Gasteiger partial charge < -0.3 is 9.47 Å². The number of fused-ring (bicyclic) bond motifs is 3. The predicted molar refractivity (Wildman–Crippen MR) is 130 cm³/mol. The van der Waals surface area contributed by atoms with Gasteiger partial charge in [-0.05, 0) is 75.8 Å². The van der Waals surface area contributed by atoms with Gasteiger partial charge in [0, 0.05) is 4.88 Å². The van der Waals surface area contributed by atoms with Crippen LogP contribution in [0.3, 0.4) is 0 Å². The molecule has 33 heavy (non-hydrogen) atoms. The van der Waals surface area contributed by atoms with Crippen LogP contribution in [0.25, 0.3) is 10.2 Å². The van der Waals surface area contributed by atoms with Crippen molar-refractivity contribution in [3.05, 3.63) is 50.9 Å². The van der Waals surface area contributed by atoms with Crippen molar-refractivity contribution in [2.75, 3.05) is 7.11 Å². The summed E-state index contributed by atoms with van der Waals surface area (Å²) in [6.07, 6.45) is 7.11. The van der Waals surface area contributed by atoms with Gasteiger partial charge in [0.25, 0.3) is 11.5 Å². The minimum absolute atomic E-state index is 0.0240. The highest BCUT2D eigenvalue weighted by Crippen LogP contribution is 2.33. The SMILES string of the molecule is COc1cc(/C=N\NC(=O)[C@H](C)n2cnc3sc4c(c3c2=O)CCCC4)ccc1OC(C)C. The molecule has 174 valence electrons. The lowest BCUT2D eigenvalue weighted by Crippen LogP contribution is -2.34. The highest BCUT2D eigenvalue weighted by molar-refractivity contribution is 7.18. The van der Waals surface area contributed by atoms with Gasteiger partial charge in [-0.15, -0.1) is 11.3 Å². The smallest absolute Gasteiger partial charge is 0.263 e. The first-order chi connectivity index (χ1) is 15.9. The number of nitrogens with one attached hydrogen (secondary N) is 1. The monoisotopic (exact) mass is 468 g/mol. The predicted octanol–water partition coefficient (Wildman–Crippen LogP) is 3.84. The van der Waals surface area contributed by atoms with Crippen LogP contribution < -0.4 is 20.5 Å². The van der Waals surface area contributed by atoms with Crippen LogP contribution in [0, 0.1) is 0 Å². The Morgan fingerprint density at radius 3 is 2.79 bits per heavy atom. The zero-order valence-electron chi connectivity index (χ0n) is 19.3. The Morgan fingerprint density at radius 1 is 1.24 bits per heavy atom. The molecule has 0 radical (unpaired) electrons. The standard InChI is InChI=1S/C24H28N4O4S/c1-14(2)32-18-10-9-16(11-19(18)31-4)12-26-27-22(29)15(3)28-13-25-23-21(24(28)30)17-7-5-6-8-20(17)33-23/h9-15H,5-8H2,1-4H3,(H,27,29)/b26-12-/t15-/m0/s1. The second-order valence-electron chi connectivity index (χ2n) is 8.34. The summed E-state index contributed by atoms with van der Waals surface area (Å²) in [5.74, 6) is 0.822. The summed E-state index contributed by atoms with van der Waals surface area (Å²) in [5.41, 5.74) is 4.19. The molecule has 1 amide bonds. The molecule has 0 spiro atoms. The Hall–Kier alpha value is -3.20. The lowest BCUT2D eigenvalue weighted by Gasteiger charge is -2.14. The number of amides is 1. The van der Waals surface area contributed by atoms with E-state index in [-0.39, 0.29) is 11.7 Å². The van der Waals surface area contributed by atoms with Crippen LogP contribution in [0.5, 0.6) is 11.5 Å². The summed E-state index contributed by atoms with van der Waals surface area (Å²) < 4.78 is 12.5. The fraction of sp³-hybridized carbons (Fsp3) is 0.417. The van der Waals surface area contributed by atoms with Crippen molar-refractivity contribution in [1.29, 1.82) is 0 Å². The van der Waals surface area contributed by atoms with E-state index >= 15 is 0 Å². The molecule has 0 bridgehead atoms. The largest absolute Gasteiger partial charge is 0.493 e. The fourth-order valence-corrected chi connectivity index (χ4v) is 5.16. The molecule has 4 rings (SSSR count). The molecule has 0 aliphatic heterocycles. The van der Waals surface area contributed by atoms with Crippen molar-refractivity contribution in [1.82, 2.24) is 15.0 Å². The van der Waals surface area contributed by atoms with E-state index in [1.165, 1.54) is 22.0 Å². The van der Waals surface area contributed by atoms with Crippen LogP contribution in [0.2, 0.25) is 0 Å². The van der Waals surface area contributed by atoms with Crippen molar-refractivity contribution < 1.29 is 14.3 Å². The van der Waals surface area contributed by atoms with Gasteiger partial charge in [0.05, 0.1) is 31.1 Å². The molecular weight excluding hydrogens is 440 g/mol. The minimum Gasteiger partial charge on any atom is -0.493 e. The summed E-state index contributed by atoms with van der Waals surface area (Å²) in [5, 5.41) is 4.71. The second kappa shape index (κ2) is 9.74. The number of aromatic nitrogens is 2. The lowest BCUT2D eigenvalue weighted by atomic mass is 9.97. The number of thiophene rings is 1. The summed E-state index contributed by atoms with van der Waals surface area (Å²) in [6.45, 7) is 5.55. The van der Waals surface area contributed by atoms with Crippen LogP contribution in [-0.4, -0.2) is 34.9 Å². The van der Waals surface area contributed by atoms with Gasteiger partial charge in [0.2, 0.25) is 0 Å². The molecule has 1 N–H and O–H groups in total. The number of carbonyl (C=O) groups is 1. The Labute approximate surface area is 196 Å². The van der Waals surface area contributed by atoms with E-state index in [0.29, 0.717) is 16.9 Å². The molecule has 1 aromatic carbocycles. The van der Waals surface area contributed by atoms with E-state index in [0.717, 1.165) is 41.6 Å². The molecule has 2 heterocycles. The first-order valence-corrected chi connectivity index (χ1v) is 11.9. The lowest BCUT2D eigenvalue weighted by molar-refractivity contribution is -0.123. The van der Waals surface area contributed by atoms with Crippen LogP contribution in [0.15, 0.2) is 34.4 Å². The fourth-order valence-electron chi connectivity index (χ4n) is 3.94. The third-order valence-corrected chi connectivity index (χ3v) is 6.84. The van der Waals surface area contributed by atoms with E-state index in [4.69, 9.17) is 9.47 Å². The van der Waals surface area contributed by atoms with Crippen molar-refractivity contribution in [2.45, 2.75) is 58.6 Å². The quantitative estimate of drug-likeness (QED) is 0.420. The van der Waals surface area contributed by atoms with Crippen molar-refractivity contribution in [2.24, 2.45) is 5.10 Å². The minimum atomic E-state index is -0.748. The third-order valence-electron chi connectivity index (χ3n) is 5.64. The normalized spacial score (nSPS) is 14.5. The van der Waals surface area contributed by atoms with E-state index in [2.05, 4.69) is 15.5 Å². The molecule has 0 saturated carbocycles. The van der Waals surface area contributed by atoms with Crippen molar-refractivity contribution in [3.8, 4) is 11.5 Å². The molecule has 1 aliphatic carbocycles. The van der Waals surface area contributed by atoms with Crippen LogP contribution in [-0.2, 0) is 17.6 Å². The Balaban J connectivity index is 1.49. The van der Waals surface area contributed by atoms with Crippen molar-refractivity contribution in [3.63, 3.8) is 0 Å². The Kier molecular flexibility index (Phi) is 6.78. The number of carbonyl (C=O) groups excluding carboxylic acids is 1. The number of aryl methyl sites for hydroxylation is 2. The number of benzene rings is 1. The zero-order valence-corrected chi connectivity index (χ0v) is 20.1. The molecule has 0 fully saturated rings. The molecular formula is C24H28N4O4S. The molecule has 1 atom stereocenters. The summed E-state index contributed by atoms with van der Waals surface area (Å²) in [7, 11) is 1.57. The molecule has 2 aromatic heterocycles. The summed E-state index contributed by atoms with van der Waals surface area (Å²) in [4.78, 5) is 32.3. The zero-order chi connectivity index (χ0) is 23.5. The molecule has 8 nitrogen and oxygen atoms in total. The average molecular weight is 469 g/mol. The third kappa shape index (κ3) is 4.78. The number of hydrogen-bond acceptors (Lipinski definition) is 7. The van der Waals surface area contributed by atoms with Gasteiger partial charge in [-0.3, -0.25) is 14.2 Å². The maximum atomic E-state index is 13.2. The molecule has 0 saturated heterocycles. The van der Waals surface area contributed by atoms with E-state index in [1.54, 1.807) is 37.5 Å². The van der Waals surface area contributed by atoms with Gasteiger partial charge in [-0.1, -0.05) is 0 Å². The topological polar surface area (TPSA) is 94.8 Å². The van der Waals surface area contributed by atoms with Gasteiger partial charge in [-0.2, -0.15) is 5.10 Å². The summed E-state index contributed by atoms with van der Waals surface area (Å²) >= 11 is 1.59. The molecule has 9 heteroatoms. The Morgan fingerprint density at radius 2 is 2.03 bits per heavy atom. The Bertz CT molecular complexity index is 1260. The first kappa shape index (κ1) is 23.0. The summed E-state index contributed by atoms with van der Waals surface area (Å²) in [6, 6.07) is 4.65. The number of ether oxygens (including phenoxy) is 2. The van der Waals surface area contributed by atoms with E-state index in [1.807, 2.05) is 19.9 Å². The maximum Gasteiger partial charge on any atom is 0.263 e. The van der Waals surface area contributed by atoms with Crippen LogP contribution >= 0.6 is 11.3 Å². The maximum absolute atomic E-state index is 13.2. The average Bonchev–Trinajstić information content (AvgIpc) is 3.18. The number of methoxy groups -OCH3 is 1. The number of rotatable bonds is 7. The van der Waals surface area contributed by atoms with Gasteiger partial charge in [0.15, 0.2) is 11.5 Å². The van der Waals surface area contributed by atoms with Gasteiger partial charge in [-0.25, -0.2) is 10.4 Å². The van der Waals surface area contributed by atoms with Crippen LogP contribution in [0.4, 0.5) is 0 Å². The van der Waals surface area contributed by atoms with Gasteiger partial charge in [0.1, 0.15) is 10.9 Å². The van der Waals surface area contributed by atoms with Gasteiger partial charge >= 0.3 is 0 Å². The number of hydrazone groups is 1. The number of nitrogens with zero attached hydrogens (tertiary/aromatic N) is 3. The van der Waals surface area contributed by atoms with E-state index < -0.39 is 11.9 Å². The molecule has 3 aromatic rings. The van der Waals surface area contributed by atoms with E-state index in [9.17, 15) is 9.59 Å². The van der Waals surface area contributed by atoms with Crippen molar-refractivity contribution >= 4 is 33.7 Å². The molecule has 0 unspecified atom stereocenters. The number of hydrogen-bond donors (Lipinski definition) is 1. The second-order valence-corrected chi connectivity index (χ2v) is 9.42. The highest BCUT2D eigenvalue weighted by Gasteiger charge is 2.23. The highest BCUT2D eigenvalue weighted by atomic mass is 32.1. The van der Waals surface area contributed by atoms with Crippen LogP contribution in [0.1, 0.15) is 55.7 Å². The molecule has 1 aliphatic rings.